The van der Waals surface area contributed by atoms with Crippen LogP contribution >= 0.6 is 11.8 Å². The predicted molar refractivity (Wildman–Crippen MR) is 248 cm³/mol. The quantitative estimate of drug-likeness (QED) is 0.257. The Hall–Kier alpha value is -3.05. The van der Waals surface area contributed by atoms with Crippen molar-refractivity contribution in [2.45, 2.75) is 185 Å². The van der Waals surface area contributed by atoms with Crippen molar-refractivity contribution in [1.82, 2.24) is 24.4 Å². The number of carbonyl (C=O) groups excluding carboxylic acids is 3. The number of anilines is 1. The van der Waals surface area contributed by atoms with Gasteiger partial charge in [-0.2, -0.15) is 0 Å². The van der Waals surface area contributed by atoms with Crippen LogP contribution in [-0.2, 0) is 58.8 Å². The zero-order valence-corrected chi connectivity index (χ0v) is 42.6. The lowest BCUT2D eigenvalue weighted by Gasteiger charge is -2.50. The minimum atomic E-state index is -1.41. The van der Waals surface area contributed by atoms with E-state index in [-0.39, 0.29) is 43.0 Å². The number of aliphatic hydroxyl groups excluding tert-OH is 2. The molecule has 4 aliphatic rings. The number of thioether (sulfide) groups is 1. The van der Waals surface area contributed by atoms with Gasteiger partial charge in [0.2, 0.25) is 0 Å². The van der Waals surface area contributed by atoms with Crippen LogP contribution < -0.4 is 5.73 Å². The van der Waals surface area contributed by atoms with Crippen molar-refractivity contribution < 1.29 is 62.5 Å². The minimum Gasteiger partial charge on any atom is -0.458 e. The lowest BCUT2D eigenvalue weighted by atomic mass is 9.70. The summed E-state index contributed by atoms with van der Waals surface area (Å²) >= 11 is 1.36. The molecule has 4 aliphatic heterocycles. The van der Waals surface area contributed by atoms with Crippen molar-refractivity contribution in [3.05, 3.63) is 12.7 Å². The molecule has 0 spiro atoms. The topological polar surface area (TPSA) is 238 Å². The Morgan fingerprint density at radius 1 is 0.925 bits per heavy atom. The van der Waals surface area contributed by atoms with Gasteiger partial charge in [0, 0.05) is 62.7 Å². The Kier molecular flexibility index (Phi) is 16.8. The Labute approximate surface area is 399 Å². The van der Waals surface area contributed by atoms with E-state index in [9.17, 15) is 19.8 Å². The molecule has 20 heteroatoms. The summed E-state index contributed by atoms with van der Waals surface area (Å²) in [6, 6.07) is -0.302. The highest BCUT2D eigenvalue weighted by Gasteiger charge is 2.62. The molecule has 0 saturated carbocycles. The van der Waals surface area contributed by atoms with Gasteiger partial charge in [-0.1, -0.05) is 27.7 Å². The monoisotopic (exact) mass is 965 g/mol. The number of aliphatic hydroxyl groups is 2. The average Bonchev–Trinajstić information content (AvgIpc) is 3.82. The molecule has 0 aromatic carbocycles. The van der Waals surface area contributed by atoms with Gasteiger partial charge in [0.1, 0.15) is 41.2 Å². The molecule has 6 heterocycles. The number of ether oxygens (including phenoxy) is 8. The predicted octanol–water partition coefficient (Wildman–Crippen LogP) is 3.78. The van der Waals surface area contributed by atoms with Crippen molar-refractivity contribution in [1.29, 1.82) is 0 Å². The van der Waals surface area contributed by atoms with Gasteiger partial charge in [-0.3, -0.25) is 14.4 Å². The first-order valence-corrected chi connectivity index (χ1v) is 24.7. The fraction of sp³-hybridized carbons (Fsp3) is 0.830. The highest BCUT2D eigenvalue weighted by molar-refractivity contribution is 8.00. The van der Waals surface area contributed by atoms with Crippen molar-refractivity contribution in [3.8, 4) is 0 Å². The van der Waals surface area contributed by atoms with Crippen molar-refractivity contribution >= 4 is 46.5 Å². The van der Waals surface area contributed by atoms with Crippen LogP contribution in [0.5, 0.6) is 0 Å². The maximum atomic E-state index is 15.1. The molecule has 0 radical (unpaired) electrons. The highest BCUT2D eigenvalue weighted by atomic mass is 32.2. The molecule has 19 atom stereocenters. The van der Waals surface area contributed by atoms with Crippen LogP contribution in [0.2, 0.25) is 0 Å². The number of nitrogens with zero attached hydrogens (tertiary/aromatic N) is 5. The van der Waals surface area contributed by atoms with E-state index in [4.69, 9.17) is 43.6 Å². The number of ketones is 1. The van der Waals surface area contributed by atoms with Crippen LogP contribution in [0.4, 0.5) is 5.82 Å². The number of esters is 2. The molecule has 0 aliphatic carbocycles. The molecule has 378 valence electrons. The molecule has 67 heavy (non-hydrogen) atoms. The summed E-state index contributed by atoms with van der Waals surface area (Å²) in [6.07, 6.45) is -4.00. The zero-order chi connectivity index (χ0) is 49.5. The largest absolute Gasteiger partial charge is 0.458 e. The van der Waals surface area contributed by atoms with Crippen LogP contribution in [0.3, 0.4) is 0 Å². The van der Waals surface area contributed by atoms with E-state index < -0.39 is 113 Å². The molecule has 4 N–H and O–H groups in total. The molecule has 4 saturated heterocycles. The van der Waals surface area contributed by atoms with Gasteiger partial charge in [-0.15, -0.1) is 11.8 Å². The summed E-state index contributed by atoms with van der Waals surface area (Å²) in [5, 5.41) is 22.1. The SMILES string of the molecule is CC[C@H]1OC(=O)[C@H](C)[C@@H](O[C@H]2C[C@@](C)(OC)[C@@H](O)[C@@H](C)O2)[C@H](C)[C@@H](O[C@@H]2O[C@H](C)C[C@H](N(C)C)[C@H]2O)[C@](C)(OC)C[C@@H](C)C(=O)C(C)C2C(SCCn3cnc4c(N)ncnc43)C(=O)O[C@@]21C. The number of hydrogen-bond donors (Lipinski definition) is 3. The van der Waals surface area contributed by atoms with Crippen LogP contribution in [0.25, 0.3) is 11.2 Å². The second-order valence-corrected chi connectivity index (χ2v) is 21.5. The van der Waals surface area contributed by atoms with Gasteiger partial charge < -0.3 is 63.3 Å². The van der Waals surface area contributed by atoms with E-state index in [1.165, 1.54) is 25.2 Å². The van der Waals surface area contributed by atoms with Gasteiger partial charge in [0.05, 0.1) is 47.9 Å². The van der Waals surface area contributed by atoms with Crippen LogP contribution in [-0.4, -0.2) is 170 Å². The number of fused-ring (bicyclic) bond motifs is 2. The average molecular weight is 965 g/mol. The summed E-state index contributed by atoms with van der Waals surface area (Å²) in [5.41, 5.74) is 3.34. The van der Waals surface area contributed by atoms with E-state index in [0.29, 0.717) is 29.9 Å². The first kappa shape index (κ1) is 53.3. The van der Waals surface area contributed by atoms with Gasteiger partial charge in [-0.25, -0.2) is 15.0 Å². The summed E-state index contributed by atoms with van der Waals surface area (Å²) in [4.78, 5) is 59.0. The fourth-order valence-corrected chi connectivity index (χ4v) is 12.7. The Morgan fingerprint density at radius 3 is 2.25 bits per heavy atom. The number of likely N-dealkylation sites (N-methyl/N-ethyl adjacent to an activating group) is 1. The summed E-state index contributed by atoms with van der Waals surface area (Å²) in [7, 11) is 6.84. The van der Waals surface area contributed by atoms with Gasteiger partial charge in [0.15, 0.2) is 29.6 Å². The smallest absolute Gasteiger partial charge is 0.320 e. The Morgan fingerprint density at radius 2 is 1.61 bits per heavy atom. The first-order valence-electron chi connectivity index (χ1n) is 23.7. The molecular weight excluding hydrogens is 889 g/mol. The molecule has 3 unspecified atom stereocenters. The molecule has 2 aromatic heterocycles. The Balaban J connectivity index is 1.41. The van der Waals surface area contributed by atoms with Crippen LogP contribution in [0, 0.1) is 29.6 Å². The minimum absolute atomic E-state index is 0.119. The standard InChI is InChI=1S/C47H76N6O13S/c1-15-30-47(10)32(37(43(58)66-47)67-17-16-53-22-51-33-40(48)49-21-50-41(33)53)25(4)34(54)23(2)19-46(9,60-14)39(65-44-35(55)29(52(11)12)18-24(3)61-44)26(5)36(27(6)42(57)63-30)64-31-20-45(8,59-13)38(56)28(7)62-31/h21-32,35-39,44,55-56H,15-20H2,1-14H3,(H2,48,49,50)/t23-,24-,25?,26+,27-,28-,29+,30-,31+,32?,35-,36+,37?,38+,39-,44+,45-,46-,47-/m1/s1. The van der Waals surface area contributed by atoms with E-state index in [2.05, 4.69) is 15.0 Å². The number of imidazole rings is 1. The Bertz CT molecular complexity index is 2050. The number of cyclic esters (lactones) is 1. The summed E-state index contributed by atoms with van der Waals surface area (Å²) in [5.74, 6) is -4.49. The van der Waals surface area contributed by atoms with Crippen molar-refractivity contribution in [2.75, 3.05) is 39.8 Å². The maximum Gasteiger partial charge on any atom is 0.320 e. The number of nitrogen functional groups attached to an aromatic ring is 1. The third kappa shape index (κ3) is 10.5. The third-order valence-electron chi connectivity index (χ3n) is 15.3. The number of aromatic nitrogens is 4. The van der Waals surface area contributed by atoms with Gasteiger partial charge in [0.25, 0.3) is 0 Å². The number of rotatable bonds is 12. The molecule has 0 bridgehead atoms. The number of nitrogens with two attached hydrogens (primary N) is 1. The lowest BCUT2D eigenvalue weighted by Crippen LogP contribution is -2.61. The summed E-state index contributed by atoms with van der Waals surface area (Å²) in [6.45, 7) is 18.6. The molecule has 19 nitrogen and oxygen atoms in total. The molecule has 6 rings (SSSR count). The lowest BCUT2D eigenvalue weighted by molar-refractivity contribution is -0.319. The van der Waals surface area contributed by atoms with Gasteiger partial charge >= 0.3 is 11.9 Å². The van der Waals surface area contributed by atoms with E-state index in [0.717, 1.165) is 0 Å². The molecule has 2 aromatic rings. The number of hydrogen-bond acceptors (Lipinski definition) is 19. The van der Waals surface area contributed by atoms with E-state index >= 15 is 4.79 Å². The number of Topliss-reactive ketones (excluding diaryl/α,β-unsaturated/α-hetero) is 1. The zero-order valence-electron chi connectivity index (χ0n) is 41.7. The summed E-state index contributed by atoms with van der Waals surface area (Å²) < 4.78 is 53.5. The fourth-order valence-electron chi connectivity index (χ4n) is 11.2. The highest BCUT2D eigenvalue weighted by Crippen LogP contribution is 2.49. The second kappa shape index (κ2) is 21.1. The van der Waals surface area contributed by atoms with Crippen LogP contribution in [0.1, 0.15) is 94.9 Å². The van der Waals surface area contributed by atoms with Crippen LogP contribution in [0.15, 0.2) is 12.7 Å². The number of methoxy groups -OCH3 is 2. The van der Waals surface area contributed by atoms with Crippen molar-refractivity contribution in [2.24, 2.45) is 29.6 Å². The first-order chi connectivity index (χ1) is 31.4. The van der Waals surface area contributed by atoms with Gasteiger partial charge in [-0.05, 0) is 74.9 Å². The van der Waals surface area contributed by atoms with Crippen molar-refractivity contribution in [3.63, 3.8) is 0 Å². The maximum absolute atomic E-state index is 15.1. The molecule has 0 amide bonds. The third-order valence-corrected chi connectivity index (χ3v) is 16.6. The second-order valence-electron chi connectivity index (χ2n) is 20.3. The van der Waals surface area contributed by atoms with E-state index in [1.54, 1.807) is 41.1 Å². The molecular formula is C47H76N6O13S. The van der Waals surface area contributed by atoms with E-state index in [1.807, 2.05) is 65.1 Å². The normalized spacial score (nSPS) is 42.6. The molecule has 4 fully saturated rings. The number of carbonyl (C=O) groups is 3. The number of aryl methyl sites for hydroxylation is 1.